The van der Waals surface area contributed by atoms with Gasteiger partial charge in [-0.15, -0.1) is 0 Å². The molecule has 2 saturated heterocycles. The molecule has 0 aromatic heterocycles. The first-order valence-corrected chi connectivity index (χ1v) is 6.99. The molecule has 2 amide bonds. The second-order valence-corrected chi connectivity index (χ2v) is 5.35. The molecule has 0 radical (unpaired) electrons. The third-order valence-electron chi connectivity index (χ3n) is 4.02. The molecule has 2 fully saturated rings. The molecule has 2 rings (SSSR count). The summed E-state index contributed by atoms with van der Waals surface area (Å²) in [5.74, 6) is 0.565. The number of piperidine rings is 1. The molecule has 2 unspecified atom stereocenters. The number of nitrogens with one attached hydrogen (secondary N) is 1. The molecule has 2 aliphatic heterocycles. The SMILES string of the molecule is CCNC1CCN(C(=O)N2CCCC2)CC1C. The lowest BCUT2D eigenvalue weighted by Crippen LogP contribution is -2.53. The number of hydrogen-bond acceptors (Lipinski definition) is 2. The molecule has 2 heterocycles. The van der Waals surface area contributed by atoms with Crippen molar-refractivity contribution in [2.45, 2.75) is 39.2 Å². The van der Waals surface area contributed by atoms with Crippen LogP contribution in [0.5, 0.6) is 0 Å². The minimum Gasteiger partial charge on any atom is -0.325 e. The lowest BCUT2D eigenvalue weighted by molar-refractivity contribution is 0.125. The molecular weight excluding hydrogens is 214 g/mol. The second-order valence-electron chi connectivity index (χ2n) is 5.35. The minimum atomic E-state index is 0.268. The Morgan fingerprint density at radius 2 is 1.94 bits per heavy atom. The van der Waals surface area contributed by atoms with E-state index in [1.807, 2.05) is 9.80 Å². The number of urea groups is 1. The Balaban J connectivity index is 1.85. The largest absolute Gasteiger partial charge is 0.325 e. The van der Waals surface area contributed by atoms with E-state index in [4.69, 9.17) is 0 Å². The first kappa shape index (κ1) is 12.7. The molecule has 0 aromatic carbocycles. The Labute approximate surface area is 104 Å². The average Bonchev–Trinajstić information content (AvgIpc) is 2.84. The zero-order valence-corrected chi connectivity index (χ0v) is 11.1. The van der Waals surface area contributed by atoms with Crippen molar-refractivity contribution >= 4 is 6.03 Å². The van der Waals surface area contributed by atoms with Crippen LogP contribution in [0.25, 0.3) is 0 Å². The highest BCUT2D eigenvalue weighted by Gasteiger charge is 2.31. The number of carbonyl (C=O) groups is 1. The van der Waals surface area contributed by atoms with Gasteiger partial charge >= 0.3 is 6.03 Å². The summed E-state index contributed by atoms with van der Waals surface area (Å²) in [5, 5.41) is 3.51. The number of hydrogen-bond donors (Lipinski definition) is 1. The Bertz CT molecular complexity index is 263. The van der Waals surface area contributed by atoms with Gasteiger partial charge in [0.05, 0.1) is 0 Å². The summed E-state index contributed by atoms with van der Waals surface area (Å²) in [6.45, 7) is 9.16. The third-order valence-corrected chi connectivity index (χ3v) is 4.02. The first-order valence-electron chi connectivity index (χ1n) is 6.99. The Morgan fingerprint density at radius 1 is 1.24 bits per heavy atom. The summed E-state index contributed by atoms with van der Waals surface area (Å²) < 4.78 is 0. The van der Waals surface area contributed by atoms with Crippen LogP contribution in [0.3, 0.4) is 0 Å². The molecule has 0 saturated carbocycles. The van der Waals surface area contributed by atoms with Crippen LogP contribution in [-0.4, -0.2) is 54.6 Å². The van der Waals surface area contributed by atoms with Crippen LogP contribution < -0.4 is 5.32 Å². The highest BCUT2D eigenvalue weighted by molar-refractivity contribution is 5.74. The van der Waals surface area contributed by atoms with Crippen molar-refractivity contribution in [3.05, 3.63) is 0 Å². The van der Waals surface area contributed by atoms with Crippen molar-refractivity contribution in [1.29, 1.82) is 0 Å². The highest BCUT2D eigenvalue weighted by Crippen LogP contribution is 2.19. The number of rotatable bonds is 2. The van der Waals surface area contributed by atoms with E-state index in [1.165, 1.54) is 12.8 Å². The van der Waals surface area contributed by atoms with E-state index in [-0.39, 0.29) is 6.03 Å². The van der Waals surface area contributed by atoms with Crippen LogP contribution in [0.15, 0.2) is 0 Å². The third kappa shape index (κ3) is 2.92. The Hall–Kier alpha value is -0.770. The van der Waals surface area contributed by atoms with E-state index in [0.29, 0.717) is 12.0 Å². The van der Waals surface area contributed by atoms with Crippen LogP contribution in [0.4, 0.5) is 4.79 Å². The topological polar surface area (TPSA) is 35.6 Å². The normalized spacial score (nSPS) is 29.8. The van der Waals surface area contributed by atoms with E-state index in [1.54, 1.807) is 0 Å². The van der Waals surface area contributed by atoms with Crippen LogP contribution in [0.2, 0.25) is 0 Å². The van der Waals surface area contributed by atoms with E-state index in [0.717, 1.165) is 39.1 Å². The summed E-state index contributed by atoms with van der Waals surface area (Å²) in [6, 6.07) is 0.854. The van der Waals surface area contributed by atoms with Crippen LogP contribution in [0, 0.1) is 5.92 Å². The number of nitrogens with zero attached hydrogens (tertiary/aromatic N) is 2. The summed E-state index contributed by atoms with van der Waals surface area (Å²) in [5.41, 5.74) is 0. The van der Waals surface area contributed by atoms with E-state index in [9.17, 15) is 4.79 Å². The minimum absolute atomic E-state index is 0.268. The van der Waals surface area contributed by atoms with E-state index < -0.39 is 0 Å². The molecular formula is C13H25N3O. The van der Waals surface area contributed by atoms with Crippen LogP contribution in [-0.2, 0) is 0 Å². The van der Waals surface area contributed by atoms with Gasteiger partial charge in [-0.05, 0) is 31.7 Å². The van der Waals surface area contributed by atoms with E-state index >= 15 is 0 Å². The Kier molecular flexibility index (Phi) is 4.26. The maximum atomic E-state index is 12.2. The van der Waals surface area contributed by atoms with Gasteiger partial charge in [-0.25, -0.2) is 4.79 Å². The van der Waals surface area contributed by atoms with Crippen molar-refractivity contribution < 1.29 is 4.79 Å². The molecule has 0 aliphatic carbocycles. The summed E-state index contributed by atoms with van der Waals surface area (Å²) in [7, 11) is 0. The maximum absolute atomic E-state index is 12.2. The lowest BCUT2D eigenvalue weighted by Gasteiger charge is -2.38. The number of carbonyl (C=O) groups excluding carboxylic acids is 1. The maximum Gasteiger partial charge on any atom is 0.320 e. The van der Waals surface area contributed by atoms with Gasteiger partial charge in [-0.2, -0.15) is 0 Å². The predicted molar refractivity (Wildman–Crippen MR) is 69.0 cm³/mol. The second kappa shape index (κ2) is 5.71. The van der Waals surface area contributed by atoms with Gasteiger partial charge in [0, 0.05) is 32.2 Å². The molecule has 2 atom stereocenters. The number of likely N-dealkylation sites (tertiary alicyclic amines) is 2. The summed E-state index contributed by atoms with van der Waals surface area (Å²) in [6.07, 6.45) is 3.44. The monoisotopic (exact) mass is 239 g/mol. The van der Waals surface area contributed by atoms with Crippen LogP contribution >= 0.6 is 0 Å². The first-order chi connectivity index (χ1) is 8.22. The van der Waals surface area contributed by atoms with Gasteiger partial charge in [-0.1, -0.05) is 13.8 Å². The van der Waals surface area contributed by atoms with Crippen molar-refractivity contribution in [3.63, 3.8) is 0 Å². The fraction of sp³-hybridized carbons (Fsp3) is 0.923. The zero-order chi connectivity index (χ0) is 12.3. The summed E-state index contributed by atoms with van der Waals surface area (Å²) >= 11 is 0. The average molecular weight is 239 g/mol. The van der Waals surface area contributed by atoms with Crippen molar-refractivity contribution in [2.75, 3.05) is 32.7 Å². The number of amides is 2. The molecule has 4 nitrogen and oxygen atoms in total. The summed E-state index contributed by atoms with van der Waals surface area (Å²) in [4.78, 5) is 16.3. The molecule has 0 spiro atoms. The van der Waals surface area contributed by atoms with E-state index in [2.05, 4.69) is 19.2 Å². The van der Waals surface area contributed by atoms with Gasteiger partial charge in [-0.3, -0.25) is 0 Å². The van der Waals surface area contributed by atoms with Gasteiger partial charge < -0.3 is 15.1 Å². The molecule has 0 aromatic rings. The molecule has 0 bridgehead atoms. The molecule has 4 heteroatoms. The van der Waals surface area contributed by atoms with Gasteiger partial charge in [0.2, 0.25) is 0 Å². The van der Waals surface area contributed by atoms with Gasteiger partial charge in [0.15, 0.2) is 0 Å². The molecule has 17 heavy (non-hydrogen) atoms. The zero-order valence-electron chi connectivity index (χ0n) is 11.1. The molecule has 1 N–H and O–H groups in total. The lowest BCUT2D eigenvalue weighted by atomic mass is 9.94. The quantitative estimate of drug-likeness (QED) is 0.793. The standard InChI is InChI=1S/C13H25N3O/c1-3-14-12-6-9-16(10-11(12)2)13(17)15-7-4-5-8-15/h11-12,14H,3-10H2,1-2H3. The predicted octanol–water partition coefficient (Wildman–Crippen LogP) is 1.52. The molecule has 98 valence electrons. The fourth-order valence-corrected chi connectivity index (χ4v) is 2.99. The van der Waals surface area contributed by atoms with Crippen molar-refractivity contribution in [2.24, 2.45) is 5.92 Å². The van der Waals surface area contributed by atoms with Crippen molar-refractivity contribution in [3.8, 4) is 0 Å². The fourth-order valence-electron chi connectivity index (χ4n) is 2.99. The smallest absolute Gasteiger partial charge is 0.320 e. The van der Waals surface area contributed by atoms with Crippen molar-refractivity contribution in [1.82, 2.24) is 15.1 Å². The highest BCUT2D eigenvalue weighted by atomic mass is 16.2. The molecule has 2 aliphatic rings. The van der Waals surface area contributed by atoms with Gasteiger partial charge in [0.1, 0.15) is 0 Å². The Morgan fingerprint density at radius 3 is 2.53 bits per heavy atom. The van der Waals surface area contributed by atoms with Crippen LogP contribution in [0.1, 0.15) is 33.1 Å². The van der Waals surface area contributed by atoms with Gasteiger partial charge in [0.25, 0.3) is 0 Å².